The lowest BCUT2D eigenvalue weighted by molar-refractivity contribution is 0.0683. The van der Waals surface area contributed by atoms with E-state index in [0.717, 1.165) is 0 Å². The number of amides is 1. The van der Waals surface area contributed by atoms with Gasteiger partial charge in [-0.1, -0.05) is 5.21 Å². The molecular formula is C16H17FN4O4. The number of carboxylic acid groups (broad SMARTS) is 1. The normalized spacial score (nSPS) is 15.2. The third-order valence-corrected chi connectivity index (χ3v) is 4.25. The van der Waals surface area contributed by atoms with Gasteiger partial charge in [-0.05, 0) is 31.0 Å². The molecule has 1 aliphatic heterocycles. The van der Waals surface area contributed by atoms with E-state index in [1.165, 1.54) is 36.2 Å². The van der Waals surface area contributed by atoms with Crippen molar-refractivity contribution in [3.8, 4) is 5.75 Å². The molecule has 1 saturated heterocycles. The molecule has 8 nitrogen and oxygen atoms in total. The molecule has 9 heteroatoms. The molecule has 0 radical (unpaired) electrons. The number of likely N-dealkylation sites (tertiary alicyclic amines) is 1. The second-order valence-corrected chi connectivity index (χ2v) is 5.76. The number of benzene rings is 1. The lowest BCUT2D eigenvalue weighted by Gasteiger charge is -2.32. The zero-order valence-electron chi connectivity index (χ0n) is 13.6. The van der Waals surface area contributed by atoms with Crippen LogP contribution in [0.3, 0.4) is 0 Å². The molecule has 0 aliphatic carbocycles. The first-order valence-electron chi connectivity index (χ1n) is 7.77. The third-order valence-electron chi connectivity index (χ3n) is 4.25. The number of carbonyl (C=O) groups excluding carboxylic acids is 1. The van der Waals surface area contributed by atoms with E-state index in [4.69, 9.17) is 9.84 Å². The zero-order valence-corrected chi connectivity index (χ0v) is 13.6. The maximum absolute atomic E-state index is 13.5. The Morgan fingerprint density at radius 3 is 2.64 bits per heavy atom. The zero-order chi connectivity index (χ0) is 18.0. The summed E-state index contributed by atoms with van der Waals surface area (Å²) in [5, 5.41) is 16.3. The van der Waals surface area contributed by atoms with Crippen molar-refractivity contribution in [1.82, 2.24) is 19.9 Å². The van der Waals surface area contributed by atoms with Crippen LogP contribution in [0.4, 0.5) is 4.39 Å². The van der Waals surface area contributed by atoms with Crippen molar-refractivity contribution in [2.24, 2.45) is 0 Å². The van der Waals surface area contributed by atoms with Gasteiger partial charge >= 0.3 is 5.97 Å². The van der Waals surface area contributed by atoms with Gasteiger partial charge in [0.2, 0.25) is 0 Å². The Bertz CT molecular complexity index is 799. The van der Waals surface area contributed by atoms with Crippen LogP contribution in [0.2, 0.25) is 0 Å². The Morgan fingerprint density at radius 2 is 2.04 bits per heavy atom. The van der Waals surface area contributed by atoms with Crippen LogP contribution in [0.25, 0.3) is 0 Å². The largest absolute Gasteiger partial charge is 0.494 e. The molecule has 1 fully saturated rings. The number of piperidine rings is 1. The van der Waals surface area contributed by atoms with Crippen molar-refractivity contribution in [3.63, 3.8) is 0 Å². The fraction of sp³-hybridized carbons (Fsp3) is 0.375. The predicted octanol–water partition coefficient (Wildman–Crippen LogP) is 1.60. The highest BCUT2D eigenvalue weighted by Crippen LogP contribution is 2.24. The molecule has 0 unspecified atom stereocenters. The Kier molecular flexibility index (Phi) is 4.64. The maximum Gasteiger partial charge on any atom is 0.358 e. The minimum Gasteiger partial charge on any atom is -0.494 e. The molecule has 1 aromatic carbocycles. The van der Waals surface area contributed by atoms with E-state index in [9.17, 15) is 14.0 Å². The van der Waals surface area contributed by atoms with E-state index >= 15 is 0 Å². The highest BCUT2D eigenvalue weighted by Gasteiger charge is 2.26. The minimum atomic E-state index is -1.12. The summed E-state index contributed by atoms with van der Waals surface area (Å²) in [7, 11) is 1.35. The highest BCUT2D eigenvalue weighted by molar-refractivity contribution is 5.94. The van der Waals surface area contributed by atoms with Crippen LogP contribution < -0.4 is 4.74 Å². The number of ether oxygens (including phenoxy) is 1. The Balaban J connectivity index is 1.65. The molecule has 1 aliphatic rings. The lowest BCUT2D eigenvalue weighted by Crippen LogP contribution is -2.39. The number of nitrogens with zero attached hydrogens (tertiary/aromatic N) is 4. The topological polar surface area (TPSA) is 97.5 Å². The van der Waals surface area contributed by atoms with Gasteiger partial charge in [0.25, 0.3) is 5.91 Å². The molecule has 3 rings (SSSR count). The molecule has 0 atom stereocenters. The molecule has 1 amide bonds. The molecule has 1 aromatic heterocycles. The summed E-state index contributed by atoms with van der Waals surface area (Å²) < 4.78 is 19.9. The highest BCUT2D eigenvalue weighted by atomic mass is 19.1. The van der Waals surface area contributed by atoms with Crippen molar-refractivity contribution in [3.05, 3.63) is 41.5 Å². The Hall–Kier alpha value is -2.97. The minimum absolute atomic E-state index is 0.00703. The summed E-state index contributed by atoms with van der Waals surface area (Å²) in [5.41, 5.74) is 0.266. The van der Waals surface area contributed by atoms with Gasteiger partial charge in [0.15, 0.2) is 17.3 Å². The van der Waals surface area contributed by atoms with Crippen molar-refractivity contribution in [2.75, 3.05) is 20.2 Å². The lowest BCUT2D eigenvalue weighted by atomic mass is 10.0. The number of aromatic nitrogens is 3. The van der Waals surface area contributed by atoms with E-state index < -0.39 is 11.8 Å². The molecule has 0 bridgehead atoms. The van der Waals surface area contributed by atoms with Crippen LogP contribution in [-0.4, -0.2) is 57.1 Å². The molecule has 0 spiro atoms. The average molecular weight is 348 g/mol. The fourth-order valence-corrected chi connectivity index (χ4v) is 2.86. The quantitative estimate of drug-likeness (QED) is 0.901. The molecule has 25 heavy (non-hydrogen) atoms. The smallest absolute Gasteiger partial charge is 0.358 e. The van der Waals surface area contributed by atoms with Gasteiger partial charge in [-0.2, -0.15) is 0 Å². The first-order valence-corrected chi connectivity index (χ1v) is 7.77. The van der Waals surface area contributed by atoms with Crippen molar-refractivity contribution in [2.45, 2.75) is 18.9 Å². The predicted molar refractivity (Wildman–Crippen MR) is 84.1 cm³/mol. The van der Waals surface area contributed by atoms with Gasteiger partial charge in [0.05, 0.1) is 19.3 Å². The first-order chi connectivity index (χ1) is 12.0. The van der Waals surface area contributed by atoms with Crippen LogP contribution in [0, 0.1) is 5.82 Å². The fourth-order valence-electron chi connectivity index (χ4n) is 2.86. The van der Waals surface area contributed by atoms with Crippen molar-refractivity contribution < 1.29 is 23.8 Å². The van der Waals surface area contributed by atoms with Crippen molar-refractivity contribution in [1.29, 1.82) is 0 Å². The molecule has 132 valence electrons. The van der Waals surface area contributed by atoms with E-state index in [-0.39, 0.29) is 23.4 Å². The number of halogens is 1. The molecule has 0 saturated carbocycles. The summed E-state index contributed by atoms with van der Waals surface area (Å²) in [4.78, 5) is 25.1. The number of hydrogen-bond donors (Lipinski definition) is 1. The van der Waals surface area contributed by atoms with Crippen LogP contribution in [0.15, 0.2) is 24.4 Å². The third kappa shape index (κ3) is 3.44. The number of carbonyl (C=O) groups is 2. The Labute approximate surface area is 142 Å². The number of methoxy groups -OCH3 is 1. The van der Waals surface area contributed by atoms with E-state index in [2.05, 4.69) is 10.3 Å². The number of hydrogen-bond acceptors (Lipinski definition) is 5. The van der Waals surface area contributed by atoms with E-state index in [1.54, 1.807) is 4.90 Å². The van der Waals surface area contributed by atoms with Gasteiger partial charge < -0.3 is 14.7 Å². The number of aromatic carboxylic acids is 1. The Morgan fingerprint density at radius 1 is 1.32 bits per heavy atom. The number of carboxylic acids is 1. The van der Waals surface area contributed by atoms with E-state index in [0.29, 0.717) is 31.5 Å². The van der Waals surface area contributed by atoms with Crippen LogP contribution in [-0.2, 0) is 0 Å². The molecule has 1 N–H and O–H groups in total. The van der Waals surface area contributed by atoms with Gasteiger partial charge in [-0.3, -0.25) is 4.79 Å². The van der Waals surface area contributed by atoms with Gasteiger partial charge in [-0.15, -0.1) is 5.10 Å². The SMILES string of the molecule is COc1cc(C(=O)N2CCC(n3cc(C(=O)O)nn3)CC2)ccc1F. The maximum atomic E-state index is 13.5. The van der Waals surface area contributed by atoms with Crippen LogP contribution in [0.1, 0.15) is 39.7 Å². The standard InChI is InChI=1S/C16H17FN4O4/c1-25-14-8-10(2-3-12(14)17)15(22)20-6-4-11(5-7-20)21-9-13(16(23)24)18-19-21/h2-3,8-9,11H,4-7H2,1H3,(H,23,24). The second kappa shape index (κ2) is 6.88. The van der Waals surface area contributed by atoms with Gasteiger partial charge in [-0.25, -0.2) is 13.9 Å². The first kappa shape index (κ1) is 16.9. The summed E-state index contributed by atoms with van der Waals surface area (Å²) >= 11 is 0. The number of rotatable bonds is 4. The molecular weight excluding hydrogens is 331 g/mol. The second-order valence-electron chi connectivity index (χ2n) is 5.76. The summed E-state index contributed by atoms with van der Waals surface area (Å²) in [6.45, 7) is 0.983. The molecule has 2 aromatic rings. The van der Waals surface area contributed by atoms with Gasteiger partial charge in [0, 0.05) is 18.7 Å². The summed E-state index contributed by atoms with van der Waals surface area (Å²) in [6.07, 6.45) is 2.66. The van der Waals surface area contributed by atoms with Gasteiger partial charge in [0.1, 0.15) is 0 Å². The van der Waals surface area contributed by atoms with Crippen molar-refractivity contribution >= 4 is 11.9 Å². The molecule has 2 heterocycles. The van der Waals surface area contributed by atoms with E-state index in [1.807, 2.05) is 0 Å². The monoisotopic (exact) mass is 348 g/mol. The average Bonchev–Trinajstić information content (AvgIpc) is 3.12. The van der Waals surface area contributed by atoms with Crippen LogP contribution in [0.5, 0.6) is 5.75 Å². The summed E-state index contributed by atoms with van der Waals surface area (Å²) in [6, 6.07) is 4.03. The van der Waals surface area contributed by atoms with Crippen LogP contribution >= 0.6 is 0 Å². The summed E-state index contributed by atoms with van der Waals surface area (Å²) in [5.74, 6) is -1.80.